The van der Waals surface area contributed by atoms with Gasteiger partial charge in [-0.3, -0.25) is 10.4 Å². The molecule has 3 N–H and O–H groups in total. The predicted molar refractivity (Wildman–Crippen MR) is 66.0 cm³/mol. The third-order valence-electron chi connectivity index (χ3n) is 2.28. The third kappa shape index (κ3) is 2.81. The van der Waals surface area contributed by atoms with Gasteiger partial charge in [0.2, 0.25) is 0 Å². The summed E-state index contributed by atoms with van der Waals surface area (Å²) in [6, 6.07) is 13.2. The number of nitrogens with two attached hydrogens (primary N) is 1. The fourth-order valence-corrected chi connectivity index (χ4v) is 1.48. The number of para-hydroxylation sites is 1. The lowest BCUT2D eigenvalue weighted by Gasteiger charge is -2.08. The SMILES string of the molecule is N=C(N)c1ncccc1COc1ccccc1. The quantitative estimate of drug-likeness (QED) is 0.619. The van der Waals surface area contributed by atoms with Crippen molar-refractivity contribution < 1.29 is 4.74 Å². The smallest absolute Gasteiger partial charge is 0.142 e. The topological polar surface area (TPSA) is 72.0 Å². The van der Waals surface area contributed by atoms with E-state index in [1.807, 2.05) is 36.4 Å². The van der Waals surface area contributed by atoms with E-state index in [1.165, 1.54) is 0 Å². The molecule has 0 unspecified atom stereocenters. The van der Waals surface area contributed by atoms with Crippen LogP contribution in [0.2, 0.25) is 0 Å². The van der Waals surface area contributed by atoms with Crippen LogP contribution in [0.3, 0.4) is 0 Å². The van der Waals surface area contributed by atoms with Crippen molar-refractivity contribution in [1.29, 1.82) is 5.41 Å². The van der Waals surface area contributed by atoms with Gasteiger partial charge < -0.3 is 10.5 Å². The summed E-state index contributed by atoms with van der Waals surface area (Å²) in [7, 11) is 0. The summed E-state index contributed by atoms with van der Waals surface area (Å²) < 4.78 is 5.59. The number of aromatic nitrogens is 1. The molecule has 0 aliphatic carbocycles. The van der Waals surface area contributed by atoms with Crippen LogP contribution in [-0.4, -0.2) is 10.8 Å². The second-order valence-corrected chi connectivity index (χ2v) is 3.53. The minimum atomic E-state index is -0.0442. The van der Waals surface area contributed by atoms with E-state index in [0.717, 1.165) is 11.3 Å². The highest BCUT2D eigenvalue weighted by molar-refractivity contribution is 5.94. The highest BCUT2D eigenvalue weighted by Gasteiger charge is 2.06. The Hall–Kier alpha value is -2.36. The molecule has 0 saturated carbocycles. The molecule has 0 atom stereocenters. The van der Waals surface area contributed by atoms with Gasteiger partial charge >= 0.3 is 0 Å². The molecule has 0 spiro atoms. The summed E-state index contributed by atoms with van der Waals surface area (Å²) >= 11 is 0. The van der Waals surface area contributed by atoms with Crippen molar-refractivity contribution in [3.05, 3.63) is 59.9 Å². The number of nitrogens with zero attached hydrogens (tertiary/aromatic N) is 1. The van der Waals surface area contributed by atoms with E-state index in [4.69, 9.17) is 15.9 Å². The van der Waals surface area contributed by atoms with Gasteiger partial charge in [-0.25, -0.2) is 0 Å². The van der Waals surface area contributed by atoms with Crippen LogP contribution in [0, 0.1) is 5.41 Å². The normalized spacial score (nSPS) is 9.88. The maximum atomic E-state index is 7.42. The lowest BCUT2D eigenvalue weighted by molar-refractivity contribution is 0.305. The van der Waals surface area contributed by atoms with Gasteiger partial charge in [-0.1, -0.05) is 24.3 Å². The largest absolute Gasteiger partial charge is 0.489 e. The zero-order chi connectivity index (χ0) is 12.1. The molecule has 4 heteroatoms. The number of ether oxygens (including phenoxy) is 1. The van der Waals surface area contributed by atoms with Crippen LogP contribution in [0.15, 0.2) is 48.7 Å². The molecule has 17 heavy (non-hydrogen) atoms. The summed E-state index contributed by atoms with van der Waals surface area (Å²) in [4.78, 5) is 4.06. The lowest BCUT2D eigenvalue weighted by Crippen LogP contribution is -2.16. The molecule has 0 bridgehead atoms. The van der Waals surface area contributed by atoms with Gasteiger partial charge in [-0.2, -0.15) is 0 Å². The van der Waals surface area contributed by atoms with E-state index >= 15 is 0 Å². The minimum absolute atomic E-state index is 0.0442. The molecular weight excluding hydrogens is 214 g/mol. The molecule has 1 heterocycles. The molecule has 1 aromatic heterocycles. The Morgan fingerprint density at radius 2 is 1.94 bits per heavy atom. The predicted octanol–water partition coefficient (Wildman–Crippen LogP) is 1.94. The Morgan fingerprint density at radius 3 is 2.65 bits per heavy atom. The van der Waals surface area contributed by atoms with Gasteiger partial charge in [0.25, 0.3) is 0 Å². The average molecular weight is 227 g/mol. The number of benzene rings is 1. The van der Waals surface area contributed by atoms with Gasteiger partial charge in [0.1, 0.15) is 23.9 Å². The zero-order valence-electron chi connectivity index (χ0n) is 9.26. The van der Waals surface area contributed by atoms with Crippen molar-refractivity contribution in [2.75, 3.05) is 0 Å². The zero-order valence-corrected chi connectivity index (χ0v) is 9.26. The third-order valence-corrected chi connectivity index (χ3v) is 2.28. The standard InChI is InChI=1S/C13H13N3O/c14-13(15)12-10(5-4-8-16-12)9-17-11-6-2-1-3-7-11/h1-8H,9H2,(H3,14,15). The van der Waals surface area contributed by atoms with Gasteiger partial charge in [-0.15, -0.1) is 0 Å². The van der Waals surface area contributed by atoms with E-state index in [-0.39, 0.29) is 5.84 Å². The van der Waals surface area contributed by atoms with Crippen LogP contribution in [0.4, 0.5) is 0 Å². The van der Waals surface area contributed by atoms with Gasteiger partial charge in [0.05, 0.1) is 0 Å². The number of hydrogen-bond donors (Lipinski definition) is 2. The van der Waals surface area contributed by atoms with Crippen LogP contribution < -0.4 is 10.5 Å². The first-order valence-electron chi connectivity index (χ1n) is 5.23. The minimum Gasteiger partial charge on any atom is -0.489 e. The highest BCUT2D eigenvalue weighted by atomic mass is 16.5. The number of rotatable bonds is 4. The number of pyridine rings is 1. The van der Waals surface area contributed by atoms with Crippen molar-refractivity contribution in [3.8, 4) is 5.75 Å². The molecule has 0 radical (unpaired) electrons. The number of nitrogens with one attached hydrogen (secondary N) is 1. The molecule has 1 aromatic carbocycles. The summed E-state index contributed by atoms with van der Waals surface area (Å²) in [5.41, 5.74) is 6.73. The molecular formula is C13H13N3O. The van der Waals surface area contributed by atoms with E-state index in [0.29, 0.717) is 12.3 Å². The van der Waals surface area contributed by atoms with Crippen molar-refractivity contribution in [1.82, 2.24) is 4.98 Å². The Labute approximate surface area is 99.6 Å². The van der Waals surface area contributed by atoms with E-state index in [9.17, 15) is 0 Å². The number of nitrogen functional groups attached to an aromatic ring is 1. The maximum absolute atomic E-state index is 7.42. The fourth-order valence-electron chi connectivity index (χ4n) is 1.48. The van der Waals surface area contributed by atoms with Gasteiger partial charge in [0, 0.05) is 11.8 Å². The van der Waals surface area contributed by atoms with Crippen molar-refractivity contribution >= 4 is 5.84 Å². The van der Waals surface area contributed by atoms with Crippen LogP contribution in [0.1, 0.15) is 11.3 Å². The van der Waals surface area contributed by atoms with E-state index in [2.05, 4.69) is 4.98 Å². The van der Waals surface area contributed by atoms with Crippen LogP contribution in [0.25, 0.3) is 0 Å². The van der Waals surface area contributed by atoms with Crippen molar-refractivity contribution in [3.63, 3.8) is 0 Å². The molecule has 86 valence electrons. The van der Waals surface area contributed by atoms with Crippen molar-refractivity contribution in [2.45, 2.75) is 6.61 Å². The number of amidine groups is 1. The Balaban J connectivity index is 2.12. The molecule has 0 saturated heterocycles. The Kier molecular flexibility index (Phi) is 3.35. The molecule has 2 aromatic rings. The van der Waals surface area contributed by atoms with Crippen molar-refractivity contribution in [2.24, 2.45) is 5.73 Å². The maximum Gasteiger partial charge on any atom is 0.142 e. The first-order chi connectivity index (χ1) is 8.27. The molecule has 4 nitrogen and oxygen atoms in total. The summed E-state index contributed by atoms with van der Waals surface area (Å²) in [5, 5.41) is 7.42. The Bertz CT molecular complexity index is 511. The number of hydrogen-bond acceptors (Lipinski definition) is 3. The molecule has 0 fully saturated rings. The molecule has 0 amide bonds. The summed E-state index contributed by atoms with van der Waals surface area (Å²) in [5.74, 6) is 0.739. The van der Waals surface area contributed by atoms with Crippen LogP contribution in [-0.2, 0) is 6.61 Å². The van der Waals surface area contributed by atoms with Crippen LogP contribution in [0.5, 0.6) is 5.75 Å². The lowest BCUT2D eigenvalue weighted by atomic mass is 10.2. The summed E-state index contributed by atoms with van der Waals surface area (Å²) in [6.07, 6.45) is 1.61. The highest BCUT2D eigenvalue weighted by Crippen LogP contribution is 2.12. The molecule has 2 rings (SSSR count). The molecule has 0 aliphatic heterocycles. The van der Waals surface area contributed by atoms with E-state index in [1.54, 1.807) is 12.3 Å². The second kappa shape index (κ2) is 5.12. The fraction of sp³-hybridized carbons (Fsp3) is 0.0769. The molecule has 0 aliphatic rings. The first-order valence-corrected chi connectivity index (χ1v) is 5.23. The summed E-state index contributed by atoms with van der Waals surface area (Å²) in [6.45, 7) is 0.354. The van der Waals surface area contributed by atoms with Crippen LogP contribution >= 0.6 is 0 Å². The monoisotopic (exact) mass is 227 g/mol. The van der Waals surface area contributed by atoms with E-state index < -0.39 is 0 Å². The Morgan fingerprint density at radius 1 is 1.18 bits per heavy atom. The average Bonchev–Trinajstić information content (AvgIpc) is 2.38. The second-order valence-electron chi connectivity index (χ2n) is 3.53. The first kappa shape index (κ1) is 11.1. The van der Waals surface area contributed by atoms with Gasteiger partial charge in [-0.05, 0) is 18.2 Å². The van der Waals surface area contributed by atoms with Gasteiger partial charge in [0.15, 0.2) is 0 Å².